The monoisotopic (exact) mass is 480 g/mol. The van der Waals surface area contributed by atoms with Gasteiger partial charge in [0.2, 0.25) is 15.9 Å². The van der Waals surface area contributed by atoms with Crippen molar-refractivity contribution in [2.45, 2.75) is 30.6 Å². The normalized spacial score (nSPS) is 11.9. The summed E-state index contributed by atoms with van der Waals surface area (Å²) in [5, 5.41) is 2.62. The highest BCUT2D eigenvalue weighted by atomic mass is 32.2. The van der Waals surface area contributed by atoms with Crippen LogP contribution in [0.25, 0.3) is 0 Å². The van der Waals surface area contributed by atoms with Crippen molar-refractivity contribution in [2.75, 3.05) is 0 Å². The number of carbonyl (C=O) groups excluding carboxylic acids is 1. The van der Waals surface area contributed by atoms with Crippen LogP contribution >= 0.6 is 0 Å². The van der Waals surface area contributed by atoms with Crippen LogP contribution in [0.15, 0.2) is 77.7 Å². The van der Waals surface area contributed by atoms with Gasteiger partial charge in [-0.15, -0.1) is 0 Å². The number of sulfonamides is 1. The fourth-order valence-electron chi connectivity index (χ4n) is 2.99. The lowest BCUT2D eigenvalue weighted by molar-refractivity contribution is -0.137. The lowest BCUT2D eigenvalue weighted by Crippen LogP contribution is -2.25. The molecule has 3 aromatic carbocycles. The van der Waals surface area contributed by atoms with E-state index in [2.05, 4.69) is 10.0 Å². The number of hydrogen-bond acceptors (Lipinski definition) is 3. The van der Waals surface area contributed by atoms with Crippen LogP contribution in [-0.4, -0.2) is 14.3 Å². The van der Waals surface area contributed by atoms with Gasteiger partial charge in [-0.05, 0) is 53.1 Å². The molecule has 0 unspecified atom stereocenters. The van der Waals surface area contributed by atoms with Crippen molar-refractivity contribution >= 4 is 15.9 Å². The molecule has 0 aliphatic heterocycles. The Morgan fingerprint density at radius 1 is 0.818 bits per heavy atom. The number of carbonyl (C=O) groups is 1. The molecule has 0 saturated carbocycles. The van der Waals surface area contributed by atoms with Crippen molar-refractivity contribution in [3.8, 4) is 0 Å². The average molecular weight is 480 g/mol. The molecule has 0 atom stereocenters. The van der Waals surface area contributed by atoms with Crippen LogP contribution in [0.1, 0.15) is 22.3 Å². The summed E-state index contributed by atoms with van der Waals surface area (Å²) in [7, 11) is -3.87. The summed E-state index contributed by atoms with van der Waals surface area (Å²) in [6, 6.07) is 15.8. The Morgan fingerprint density at radius 2 is 1.45 bits per heavy atom. The van der Waals surface area contributed by atoms with Gasteiger partial charge in [0.05, 0.1) is 16.9 Å². The third kappa shape index (κ3) is 7.13. The molecule has 0 saturated heterocycles. The lowest BCUT2D eigenvalue weighted by atomic mass is 10.1. The molecule has 5 nitrogen and oxygen atoms in total. The maximum atomic E-state index is 13.3. The fraction of sp³-hybridized carbons (Fsp3) is 0.174. The molecular weight excluding hydrogens is 460 g/mol. The van der Waals surface area contributed by atoms with E-state index in [4.69, 9.17) is 0 Å². The molecule has 1 amide bonds. The molecule has 0 heterocycles. The van der Waals surface area contributed by atoms with Crippen molar-refractivity contribution in [1.29, 1.82) is 0 Å². The fourth-order valence-corrected chi connectivity index (χ4v) is 4.08. The minimum absolute atomic E-state index is 0.0200. The zero-order chi connectivity index (χ0) is 24.1. The number of rotatable bonds is 8. The van der Waals surface area contributed by atoms with E-state index >= 15 is 0 Å². The molecule has 0 fully saturated rings. The second-order valence-corrected chi connectivity index (χ2v) is 9.02. The predicted octanol–water partition coefficient (Wildman–Crippen LogP) is 4.18. The number of amides is 1. The molecular formula is C23H20F4N2O3S. The standard InChI is InChI=1S/C23H20F4N2O3S/c24-20-5-1-3-17(11-20)15-29-33(31,32)21-6-2-4-18(12-21)14-28-22(30)13-16-7-9-19(10-8-16)23(25,26)27/h1-12,29H,13-15H2,(H,28,30). The first-order chi connectivity index (χ1) is 15.5. The first-order valence-corrected chi connectivity index (χ1v) is 11.3. The molecule has 0 spiro atoms. The van der Waals surface area contributed by atoms with Gasteiger partial charge in [-0.1, -0.05) is 36.4 Å². The quantitative estimate of drug-likeness (QED) is 0.475. The Kier molecular flexibility index (Phi) is 7.50. The summed E-state index contributed by atoms with van der Waals surface area (Å²) in [5.41, 5.74) is 0.601. The second-order valence-electron chi connectivity index (χ2n) is 7.25. The summed E-state index contributed by atoms with van der Waals surface area (Å²) in [4.78, 5) is 12.1. The van der Waals surface area contributed by atoms with Crippen LogP contribution in [0.3, 0.4) is 0 Å². The van der Waals surface area contributed by atoms with Gasteiger partial charge in [-0.25, -0.2) is 17.5 Å². The van der Waals surface area contributed by atoms with E-state index in [-0.39, 0.29) is 24.4 Å². The number of halogens is 4. The van der Waals surface area contributed by atoms with Gasteiger partial charge >= 0.3 is 6.18 Å². The zero-order valence-corrected chi connectivity index (χ0v) is 18.0. The van der Waals surface area contributed by atoms with Crippen LogP contribution in [0.2, 0.25) is 0 Å². The van der Waals surface area contributed by atoms with Crippen LogP contribution in [-0.2, 0) is 40.5 Å². The number of alkyl halides is 3. The summed E-state index contributed by atoms with van der Waals surface area (Å²) in [6.45, 7) is -0.0547. The molecule has 0 aliphatic rings. The third-order valence-corrected chi connectivity index (χ3v) is 6.10. The maximum Gasteiger partial charge on any atom is 0.416 e. The second kappa shape index (κ2) is 10.1. The Hall–Kier alpha value is -3.24. The highest BCUT2D eigenvalue weighted by Gasteiger charge is 2.30. The topological polar surface area (TPSA) is 75.3 Å². The number of nitrogens with one attached hydrogen (secondary N) is 2. The highest BCUT2D eigenvalue weighted by Crippen LogP contribution is 2.29. The highest BCUT2D eigenvalue weighted by molar-refractivity contribution is 7.89. The Morgan fingerprint density at radius 3 is 2.09 bits per heavy atom. The van der Waals surface area contributed by atoms with Crippen molar-refractivity contribution in [2.24, 2.45) is 0 Å². The van der Waals surface area contributed by atoms with Gasteiger partial charge in [-0.3, -0.25) is 4.79 Å². The smallest absolute Gasteiger partial charge is 0.352 e. The summed E-state index contributed by atoms with van der Waals surface area (Å²) < 4.78 is 78.6. The number of benzene rings is 3. The van der Waals surface area contributed by atoms with Crippen molar-refractivity contribution < 1.29 is 30.8 Å². The van der Waals surface area contributed by atoms with E-state index in [9.17, 15) is 30.8 Å². The Labute approximate surface area is 188 Å². The van der Waals surface area contributed by atoms with Gasteiger partial charge in [-0.2, -0.15) is 13.2 Å². The van der Waals surface area contributed by atoms with E-state index in [1.165, 1.54) is 48.5 Å². The van der Waals surface area contributed by atoms with Crippen LogP contribution in [0.4, 0.5) is 17.6 Å². The van der Waals surface area contributed by atoms with E-state index in [1.54, 1.807) is 12.1 Å². The predicted molar refractivity (Wildman–Crippen MR) is 114 cm³/mol. The Balaban J connectivity index is 1.57. The molecule has 2 N–H and O–H groups in total. The van der Waals surface area contributed by atoms with E-state index in [0.29, 0.717) is 16.7 Å². The molecule has 0 radical (unpaired) electrons. The van der Waals surface area contributed by atoms with Crippen molar-refractivity contribution in [3.05, 3.63) is 101 Å². The molecule has 0 aromatic heterocycles. The minimum atomic E-state index is -4.45. The lowest BCUT2D eigenvalue weighted by Gasteiger charge is -2.10. The molecule has 0 aliphatic carbocycles. The molecule has 3 aromatic rings. The van der Waals surface area contributed by atoms with Gasteiger partial charge in [0, 0.05) is 13.1 Å². The van der Waals surface area contributed by atoms with Gasteiger partial charge in [0.25, 0.3) is 0 Å². The largest absolute Gasteiger partial charge is 0.416 e. The third-order valence-electron chi connectivity index (χ3n) is 4.70. The van der Waals surface area contributed by atoms with Crippen LogP contribution in [0, 0.1) is 5.82 Å². The molecule has 10 heteroatoms. The number of hydrogen-bond donors (Lipinski definition) is 2. The Bertz CT molecular complexity index is 1230. The first kappa shape index (κ1) is 24.4. The molecule has 174 valence electrons. The summed E-state index contributed by atoms with van der Waals surface area (Å²) in [5.74, 6) is -0.895. The molecule has 0 bridgehead atoms. The van der Waals surface area contributed by atoms with Crippen LogP contribution in [0.5, 0.6) is 0 Å². The average Bonchev–Trinajstić information content (AvgIpc) is 2.76. The molecule has 3 rings (SSSR count). The van der Waals surface area contributed by atoms with Gasteiger partial charge in [0.15, 0.2) is 0 Å². The maximum absolute atomic E-state index is 13.3. The van der Waals surface area contributed by atoms with Gasteiger partial charge in [0.1, 0.15) is 5.82 Å². The molecule has 33 heavy (non-hydrogen) atoms. The van der Waals surface area contributed by atoms with E-state index in [1.807, 2.05) is 0 Å². The minimum Gasteiger partial charge on any atom is -0.352 e. The van der Waals surface area contributed by atoms with Gasteiger partial charge < -0.3 is 5.32 Å². The van der Waals surface area contributed by atoms with E-state index < -0.39 is 33.5 Å². The summed E-state index contributed by atoms with van der Waals surface area (Å²) >= 11 is 0. The SMILES string of the molecule is O=C(Cc1ccc(C(F)(F)F)cc1)NCc1cccc(S(=O)(=O)NCc2cccc(F)c2)c1. The van der Waals surface area contributed by atoms with E-state index in [0.717, 1.165) is 12.1 Å². The van der Waals surface area contributed by atoms with Crippen molar-refractivity contribution in [3.63, 3.8) is 0 Å². The van der Waals surface area contributed by atoms with Crippen LogP contribution < -0.4 is 10.0 Å². The summed E-state index contributed by atoms with van der Waals surface area (Å²) in [6.07, 6.45) is -4.57. The van der Waals surface area contributed by atoms with Crippen molar-refractivity contribution in [1.82, 2.24) is 10.0 Å². The first-order valence-electron chi connectivity index (χ1n) is 9.79. The zero-order valence-electron chi connectivity index (χ0n) is 17.2.